The first-order chi connectivity index (χ1) is 8.56. The van der Waals surface area contributed by atoms with Gasteiger partial charge in [0.15, 0.2) is 0 Å². The Labute approximate surface area is 119 Å². The molecule has 1 aliphatic rings. The van der Waals surface area contributed by atoms with Crippen LogP contribution in [0.2, 0.25) is 5.02 Å². The van der Waals surface area contributed by atoms with E-state index in [1.807, 2.05) is 0 Å². The summed E-state index contributed by atoms with van der Waals surface area (Å²) in [5.41, 5.74) is 0.481. The monoisotopic (exact) mass is 333 g/mol. The molecule has 98 valence electrons. The molecule has 1 N–H and O–H groups in total. The van der Waals surface area contributed by atoms with Gasteiger partial charge < -0.3 is 5.32 Å². The zero-order valence-corrected chi connectivity index (χ0v) is 12.2. The van der Waals surface area contributed by atoms with Crippen molar-refractivity contribution in [3.8, 4) is 0 Å². The lowest BCUT2D eigenvalue weighted by molar-refractivity contribution is -0.120. The van der Waals surface area contributed by atoms with Crippen molar-refractivity contribution >= 4 is 33.4 Å². The molecule has 1 aromatic carbocycles. The van der Waals surface area contributed by atoms with Crippen molar-refractivity contribution in [2.24, 2.45) is 5.41 Å². The minimum Gasteiger partial charge on any atom is -0.355 e. The van der Waals surface area contributed by atoms with Crippen LogP contribution in [0.1, 0.15) is 18.4 Å². The van der Waals surface area contributed by atoms with Crippen molar-refractivity contribution in [1.29, 1.82) is 0 Å². The molecule has 18 heavy (non-hydrogen) atoms. The van der Waals surface area contributed by atoms with E-state index in [2.05, 4.69) is 21.2 Å². The van der Waals surface area contributed by atoms with Gasteiger partial charge in [-0.1, -0.05) is 33.6 Å². The van der Waals surface area contributed by atoms with E-state index in [4.69, 9.17) is 11.6 Å². The standard InChI is InChI=1S/C13H14BrClFNO/c14-7-13(4-5-13)8-17-12(18)6-9-10(15)2-1-3-11(9)16/h1-3H,4-8H2,(H,17,18). The first-order valence-corrected chi connectivity index (χ1v) is 7.32. The predicted octanol–water partition coefficient (Wildman–Crippen LogP) is 3.31. The Hall–Kier alpha value is -0.610. The summed E-state index contributed by atoms with van der Waals surface area (Å²) >= 11 is 9.32. The Kier molecular flexibility index (Phi) is 4.28. The zero-order valence-electron chi connectivity index (χ0n) is 9.81. The van der Waals surface area contributed by atoms with Crippen LogP contribution in [0.3, 0.4) is 0 Å². The number of rotatable bonds is 5. The average molecular weight is 335 g/mol. The van der Waals surface area contributed by atoms with Gasteiger partial charge in [0.05, 0.1) is 6.42 Å². The van der Waals surface area contributed by atoms with Crippen LogP contribution in [0.15, 0.2) is 18.2 Å². The second-order valence-corrected chi connectivity index (χ2v) is 5.76. The molecule has 2 nitrogen and oxygen atoms in total. The predicted molar refractivity (Wildman–Crippen MR) is 73.6 cm³/mol. The molecule has 1 aromatic rings. The highest BCUT2D eigenvalue weighted by Gasteiger charge is 2.41. The van der Waals surface area contributed by atoms with Gasteiger partial charge in [0.2, 0.25) is 5.91 Å². The summed E-state index contributed by atoms with van der Waals surface area (Å²) in [4.78, 5) is 11.8. The van der Waals surface area contributed by atoms with Gasteiger partial charge in [0.25, 0.3) is 0 Å². The fourth-order valence-electron chi connectivity index (χ4n) is 1.74. The minimum absolute atomic E-state index is 0.0100. The molecule has 0 saturated heterocycles. The molecule has 0 heterocycles. The normalized spacial score (nSPS) is 16.4. The van der Waals surface area contributed by atoms with Crippen LogP contribution in [0.25, 0.3) is 0 Å². The third kappa shape index (κ3) is 3.23. The Bertz CT molecular complexity index is 442. The van der Waals surface area contributed by atoms with E-state index in [-0.39, 0.29) is 23.3 Å². The molecule has 0 spiro atoms. The van der Waals surface area contributed by atoms with Crippen LogP contribution in [0.4, 0.5) is 4.39 Å². The average Bonchev–Trinajstić information content (AvgIpc) is 3.12. The molecule has 1 fully saturated rings. The highest BCUT2D eigenvalue weighted by Crippen LogP contribution is 2.46. The van der Waals surface area contributed by atoms with Gasteiger partial charge in [-0.25, -0.2) is 4.39 Å². The first kappa shape index (κ1) is 13.8. The summed E-state index contributed by atoms with van der Waals surface area (Å²) < 4.78 is 13.5. The van der Waals surface area contributed by atoms with Crippen LogP contribution in [-0.4, -0.2) is 17.8 Å². The molecule has 0 bridgehead atoms. The van der Waals surface area contributed by atoms with Gasteiger partial charge in [-0.15, -0.1) is 0 Å². The van der Waals surface area contributed by atoms with E-state index >= 15 is 0 Å². The van der Waals surface area contributed by atoms with Crippen molar-refractivity contribution < 1.29 is 9.18 Å². The van der Waals surface area contributed by atoms with Crippen LogP contribution in [-0.2, 0) is 11.2 Å². The highest BCUT2D eigenvalue weighted by atomic mass is 79.9. The molecule has 0 radical (unpaired) electrons. The summed E-state index contributed by atoms with van der Waals surface area (Å²) in [7, 11) is 0. The number of amides is 1. The minimum atomic E-state index is -0.431. The molecule has 5 heteroatoms. The van der Waals surface area contributed by atoms with Crippen LogP contribution >= 0.6 is 27.5 Å². The highest BCUT2D eigenvalue weighted by molar-refractivity contribution is 9.09. The molecular weight excluding hydrogens is 321 g/mol. The lowest BCUT2D eigenvalue weighted by Crippen LogP contribution is -2.32. The number of carbonyl (C=O) groups excluding carboxylic acids is 1. The van der Waals surface area contributed by atoms with Crippen LogP contribution < -0.4 is 5.32 Å². The third-order valence-electron chi connectivity index (χ3n) is 3.30. The molecule has 1 aliphatic carbocycles. The lowest BCUT2D eigenvalue weighted by atomic mass is 10.1. The second kappa shape index (κ2) is 5.57. The molecule has 0 unspecified atom stereocenters. The Balaban J connectivity index is 1.91. The fraction of sp³-hybridized carbons (Fsp3) is 0.462. The van der Waals surface area contributed by atoms with Gasteiger partial charge in [-0.2, -0.15) is 0 Å². The van der Waals surface area contributed by atoms with Crippen molar-refractivity contribution in [2.75, 3.05) is 11.9 Å². The molecule has 2 rings (SSSR count). The molecular formula is C13H14BrClFNO. The fourth-order valence-corrected chi connectivity index (χ4v) is 2.73. The maximum atomic E-state index is 13.5. The molecule has 1 saturated carbocycles. The Morgan fingerprint density at radius 2 is 2.22 bits per heavy atom. The van der Waals surface area contributed by atoms with E-state index in [0.29, 0.717) is 11.6 Å². The van der Waals surface area contributed by atoms with Crippen molar-refractivity contribution in [3.63, 3.8) is 0 Å². The first-order valence-electron chi connectivity index (χ1n) is 5.82. The number of benzene rings is 1. The number of halogens is 3. The van der Waals surface area contributed by atoms with E-state index in [0.717, 1.165) is 18.2 Å². The summed E-state index contributed by atoms with van der Waals surface area (Å²) in [6, 6.07) is 4.44. The molecule has 0 aromatic heterocycles. The zero-order chi connectivity index (χ0) is 13.2. The maximum Gasteiger partial charge on any atom is 0.224 e. The third-order valence-corrected chi connectivity index (χ3v) is 4.84. The number of nitrogens with one attached hydrogen (secondary N) is 1. The van der Waals surface area contributed by atoms with E-state index in [1.54, 1.807) is 6.07 Å². The number of carbonyl (C=O) groups is 1. The van der Waals surface area contributed by atoms with Crippen LogP contribution in [0, 0.1) is 11.2 Å². The van der Waals surface area contributed by atoms with Gasteiger partial charge >= 0.3 is 0 Å². The van der Waals surface area contributed by atoms with Crippen molar-refractivity contribution in [3.05, 3.63) is 34.6 Å². The molecule has 0 atom stereocenters. The largest absolute Gasteiger partial charge is 0.355 e. The van der Waals surface area contributed by atoms with E-state index in [9.17, 15) is 9.18 Å². The summed E-state index contributed by atoms with van der Waals surface area (Å²) in [6.45, 7) is 0.642. The van der Waals surface area contributed by atoms with Crippen LogP contribution in [0.5, 0.6) is 0 Å². The number of hydrogen-bond acceptors (Lipinski definition) is 1. The maximum absolute atomic E-state index is 13.5. The Morgan fingerprint density at radius 3 is 2.78 bits per heavy atom. The van der Waals surface area contributed by atoms with Crippen molar-refractivity contribution in [1.82, 2.24) is 5.32 Å². The van der Waals surface area contributed by atoms with Gasteiger partial charge in [0, 0.05) is 22.5 Å². The van der Waals surface area contributed by atoms with Crippen molar-refractivity contribution in [2.45, 2.75) is 19.3 Å². The number of hydrogen-bond donors (Lipinski definition) is 1. The SMILES string of the molecule is O=C(Cc1c(F)cccc1Cl)NCC1(CBr)CC1. The van der Waals surface area contributed by atoms with E-state index in [1.165, 1.54) is 12.1 Å². The summed E-state index contributed by atoms with van der Waals surface area (Å²) in [6.07, 6.45) is 2.24. The van der Waals surface area contributed by atoms with E-state index < -0.39 is 5.82 Å². The summed E-state index contributed by atoms with van der Waals surface area (Å²) in [5.74, 6) is -0.617. The molecule has 1 amide bonds. The number of alkyl halides is 1. The van der Waals surface area contributed by atoms with Gasteiger partial charge in [-0.3, -0.25) is 4.79 Å². The smallest absolute Gasteiger partial charge is 0.224 e. The summed E-state index contributed by atoms with van der Waals surface area (Å²) in [5, 5.41) is 4.03. The Morgan fingerprint density at radius 1 is 1.50 bits per heavy atom. The van der Waals surface area contributed by atoms with Gasteiger partial charge in [0.1, 0.15) is 5.82 Å². The quantitative estimate of drug-likeness (QED) is 0.822. The lowest BCUT2D eigenvalue weighted by Gasteiger charge is -2.13. The topological polar surface area (TPSA) is 29.1 Å². The van der Waals surface area contributed by atoms with Gasteiger partial charge in [-0.05, 0) is 30.4 Å². The second-order valence-electron chi connectivity index (χ2n) is 4.79. The molecule has 0 aliphatic heterocycles.